The number of hydrogen-bond acceptors (Lipinski definition) is 3. The molecule has 2 aromatic carbocycles. The van der Waals surface area contributed by atoms with E-state index in [0.29, 0.717) is 10.6 Å². The van der Waals surface area contributed by atoms with Crippen LogP contribution in [-0.2, 0) is 0 Å². The Labute approximate surface area is 194 Å². The largest absolute Gasteiger partial charge is 0.322 e. The number of benzene rings is 2. The van der Waals surface area contributed by atoms with E-state index in [1.54, 1.807) is 6.20 Å². The van der Waals surface area contributed by atoms with E-state index in [9.17, 15) is 4.79 Å². The summed E-state index contributed by atoms with van der Waals surface area (Å²) in [6, 6.07) is 11.9. The molecule has 0 radical (unpaired) electrons. The quantitative estimate of drug-likeness (QED) is 0.535. The maximum absolute atomic E-state index is 13.2. The summed E-state index contributed by atoms with van der Waals surface area (Å²) in [4.78, 5) is 13.2. The summed E-state index contributed by atoms with van der Waals surface area (Å²) in [6.07, 6.45) is 3.62. The van der Waals surface area contributed by atoms with Crippen molar-refractivity contribution in [1.29, 1.82) is 0 Å². The smallest absolute Gasteiger partial charge is 0.259 e. The zero-order valence-corrected chi connectivity index (χ0v) is 19.6. The molecule has 31 heavy (non-hydrogen) atoms. The van der Waals surface area contributed by atoms with Crippen molar-refractivity contribution < 1.29 is 4.79 Å². The molecule has 1 fully saturated rings. The number of carbonyl (C=O) groups excluding carboxylic acids is 1. The molecular formula is C24H28Cl2N4O. The van der Waals surface area contributed by atoms with Crippen molar-refractivity contribution in [3.63, 3.8) is 0 Å². The predicted molar refractivity (Wildman–Crippen MR) is 129 cm³/mol. The Balaban J connectivity index is 0.00000272. The molecule has 2 heterocycles. The van der Waals surface area contributed by atoms with Crippen LogP contribution >= 0.6 is 24.0 Å². The van der Waals surface area contributed by atoms with Gasteiger partial charge in [0.15, 0.2) is 0 Å². The van der Waals surface area contributed by atoms with Crippen molar-refractivity contribution in [3.05, 3.63) is 75.6 Å². The Bertz CT molecular complexity index is 1090. The van der Waals surface area contributed by atoms with Crippen molar-refractivity contribution in [2.24, 2.45) is 0 Å². The van der Waals surface area contributed by atoms with E-state index in [-0.39, 0.29) is 24.2 Å². The molecule has 1 aliphatic rings. The number of rotatable bonds is 4. The molecule has 7 heteroatoms. The van der Waals surface area contributed by atoms with Gasteiger partial charge in [0, 0.05) is 16.6 Å². The van der Waals surface area contributed by atoms with Crippen LogP contribution in [0.4, 0.5) is 5.69 Å². The Morgan fingerprint density at radius 3 is 2.45 bits per heavy atom. The Hall–Kier alpha value is -2.34. The number of carbonyl (C=O) groups is 1. The van der Waals surface area contributed by atoms with Gasteiger partial charge in [-0.15, -0.1) is 12.4 Å². The number of hydrogen-bond donors (Lipinski definition) is 2. The normalized spacial score (nSPS) is 14.2. The van der Waals surface area contributed by atoms with Gasteiger partial charge in [0.25, 0.3) is 5.91 Å². The van der Waals surface area contributed by atoms with Crippen LogP contribution in [0.1, 0.15) is 51.5 Å². The van der Waals surface area contributed by atoms with Crippen molar-refractivity contribution in [1.82, 2.24) is 15.1 Å². The van der Waals surface area contributed by atoms with E-state index in [0.717, 1.165) is 54.1 Å². The Kier molecular flexibility index (Phi) is 7.42. The van der Waals surface area contributed by atoms with Gasteiger partial charge in [0.05, 0.1) is 23.1 Å². The van der Waals surface area contributed by atoms with E-state index in [2.05, 4.69) is 22.7 Å². The molecule has 0 atom stereocenters. The molecule has 1 saturated heterocycles. The Morgan fingerprint density at radius 1 is 1.06 bits per heavy atom. The molecule has 0 bridgehead atoms. The number of nitrogens with one attached hydrogen (secondary N) is 2. The monoisotopic (exact) mass is 458 g/mol. The highest BCUT2D eigenvalue weighted by molar-refractivity contribution is 6.31. The maximum atomic E-state index is 13.2. The topological polar surface area (TPSA) is 59.0 Å². The van der Waals surface area contributed by atoms with Gasteiger partial charge in [-0.1, -0.05) is 23.7 Å². The maximum Gasteiger partial charge on any atom is 0.259 e. The second-order valence-corrected chi connectivity index (χ2v) is 8.47. The highest BCUT2D eigenvalue weighted by Gasteiger charge is 2.27. The number of anilines is 1. The number of aryl methyl sites for hydroxylation is 3. The molecule has 1 amide bonds. The van der Waals surface area contributed by atoms with Gasteiger partial charge in [0.1, 0.15) is 0 Å². The highest BCUT2D eigenvalue weighted by atomic mass is 35.5. The number of piperidine rings is 1. The van der Waals surface area contributed by atoms with Crippen molar-refractivity contribution >= 4 is 35.6 Å². The van der Waals surface area contributed by atoms with Gasteiger partial charge < -0.3 is 10.6 Å². The lowest BCUT2D eigenvalue weighted by molar-refractivity contribution is 0.102. The van der Waals surface area contributed by atoms with Crippen LogP contribution in [0, 0.1) is 20.8 Å². The molecule has 1 aromatic heterocycles. The van der Waals surface area contributed by atoms with Gasteiger partial charge in [0.2, 0.25) is 0 Å². The van der Waals surface area contributed by atoms with Gasteiger partial charge in [-0.2, -0.15) is 5.10 Å². The van der Waals surface area contributed by atoms with Crippen LogP contribution < -0.4 is 10.6 Å². The fourth-order valence-corrected chi connectivity index (χ4v) is 4.13. The average Bonchev–Trinajstić information content (AvgIpc) is 3.19. The lowest BCUT2D eigenvalue weighted by Crippen LogP contribution is -2.29. The molecule has 2 N–H and O–H groups in total. The van der Waals surface area contributed by atoms with Crippen LogP contribution in [0.2, 0.25) is 5.02 Å². The zero-order valence-electron chi connectivity index (χ0n) is 18.0. The van der Waals surface area contributed by atoms with Crippen LogP contribution in [0.3, 0.4) is 0 Å². The van der Waals surface area contributed by atoms with Crippen LogP contribution in [0.5, 0.6) is 0 Å². The van der Waals surface area contributed by atoms with Gasteiger partial charge >= 0.3 is 0 Å². The van der Waals surface area contributed by atoms with E-state index >= 15 is 0 Å². The first-order valence-corrected chi connectivity index (χ1v) is 10.8. The fourth-order valence-electron chi connectivity index (χ4n) is 3.96. The van der Waals surface area contributed by atoms with Gasteiger partial charge in [-0.05, 0) is 87.7 Å². The molecular weight excluding hydrogens is 431 g/mol. The lowest BCUT2D eigenvalue weighted by atomic mass is 9.91. The lowest BCUT2D eigenvalue weighted by Gasteiger charge is -2.25. The fraction of sp³-hybridized carbons (Fsp3) is 0.333. The minimum absolute atomic E-state index is 0. The van der Waals surface area contributed by atoms with Crippen molar-refractivity contribution in [3.8, 4) is 5.69 Å². The van der Waals surface area contributed by atoms with Gasteiger partial charge in [-0.25, -0.2) is 4.68 Å². The molecule has 5 nitrogen and oxygen atoms in total. The van der Waals surface area contributed by atoms with E-state index in [1.165, 1.54) is 5.56 Å². The third-order valence-corrected chi connectivity index (χ3v) is 6.35. The van der Waals surface area contributed by atoms with Crippen LogP contribution in [-0.4, -0.2) is 28.8 Å². The average molecular weight is 459 g/mol. The second-order valence-electron chi connectivity index (χ2n) is 8.07. The summed E-state index contributed by atoms with van der Waals surface area (Å²) in [6.45, 7) is 7.95. The third kappa shape index (κ3) is 4.95. The first-order valence-electron chi connectivity index (χ1n) is 10.4. The van der Waals surface area contributed by atoms with E-state index in [4.69, 9.17) is 11.6 Å². The van der Waals surface area contributed by atoms with E-state index in [1.807, 2.05) is 54.9 Å². The zero-order chi connectivity index (χ0) is 21.3. The molecule has 164 valence electrons. The van der Waals surface area contributed by atoms with Crippen molar-refractivity contribution in [2.45, 2.75) is 39.5 Å². The molecule has 0 aliphatic carbocycles. The van der Waals surface area contributed by atoms with Crippen molar-refractivity contribution in [2.75, 3.05) is 18.4 Å². The summed E-state index contributed by atoms with van der Waals surface area (Å²) < 4.78 is 1.89. The molecule has 4 rings (SSSR count). The molecule has 0 unspecified atom stereocenters. The molecule has 1 aliphatic heterocycles. The van der Waals surface area contributed by atoms with Gasteiger partial charge in [-0.3, -0.25) is 4.79 Å². The molecule has 0 spiro atoms. The van der Waals surface area contributed by atoms with Crippen LogP contribution in [0.15, 0.2) is 42.6 Å². The second kappa shape index (κ2) is 9.86. The number of nitrogens with zero attached hydrogens (tertiary/aromatic N) is 2. The summed E-state index contributed by atoms with van der Waals surface area (Å²) in [7, 11) is 0. The number of halogens is 2. The molecule has 0 saturated carbocycles. The highest BCUT2D eigenvalue weighted by Crippen LogP contribution is 2.31. The number of aromatic nitrogens is 2. The standard InChI is InChI=1S/C24H27ClN4O.ClH/c1-15-4-6-19(12-17(15)3)28-24(30)21-14-27-29(20-7-5-16(2)22(25)13-20)23(21)18-8-10-26-11-9-18;/h4-7,12-14,18,26H,8-11H2,1-3H3,(H,28,30);1H. The summed E-state index contributed by atoms with van der Waals surface area (Å²) >= 11 is 6.38. The SMILES string of the molecule is Cc1ccc(NC(=O)c2cnn(-c3ccc(C)c(Cl)c3)c2C2CCNCC2)cc1C.Cl. The van der Waals surface area contributed by atoms with Crippen LogP contribution in [0.25, 0.3) is 5.69 Å². The summed E-state index contributed by atoms with van der Waals surface area (Å²) in [5.74, 6) is 0.130. The predicted octanol–water partition coefficient (Wildman–Crippen LogP) is 5.59. The first kappa shape index (κ1) is 23.3. The number of amides is 1. The minimum Gasteiger partial charge on any atom is -0.322 e. The summed E-state index contributed by atoms with van der Waals surface area (Å²) in [5, 5.41) is 11.8. The first-order chi connectivity index (χ1) is 14.4. The minimum atomic E-state index is -0.128. The molecule has 3 aromatic rings. The third-order valence-electron chi connectivity index (χ3n) is 5.94. The van der Waals surface area contributed by atoms with E-state index < -0.39 is 0 Å². The Morgan fingerprint density at radius 2 is 1.77 bits per heavy atom. The summed E-state index contributed by atoms with van der Waals surface area (Å²) in [5.41, 5.74) is 6.62.